The van der Waals surface area contributed by atoms with E-state index in [1.165, 1.54) is 31.4 Å². The molecule has 1 nitrogen and oxygen atoms in total. The van der Waals surface area contributed by atoms with Crippen molar-refractivity contribution in [2.45, 2.75) is 45.1 Å². The van der Waals surface area contributed by atoms with Gasteiger partial charge in [-0.2, -0.15) is 0 Å². The number of hydrogen-bond donors (Lipinski definition) is 1. The van der Waals surface area contributed by atoms with Gasteiger partial charge in [-0.15, -0.1) is 0 Å². The summed E-state index contributed by atoms with van der Waals surface area (Å²) in [5.74, 6) is 0.811. The van der Waals surface area contributed by atoms with Crippen LogP contribution in [0.2, 0.25) is 0 Å². The van der Waals surface area contributed by atoms with Gasteiger partial charge in [-0.25, -0.2) is 4.39 Å². The van der Waals surface area contributed by atoms with Crippen molar-refractivity contribution >= 4 is 0 Å². The van der Waals surface area contributed by atoms with E-state index in [4.69, 9.17) is 0 Å². The van der Waals surface area contributed by atoms with Gasteiger partial charge in [-0.05, 0) is 42.4 Å². The highest BCUT2D eigenvalue weighted by Crippen LogP contribution is 2.40. The Morgan fingerprint density at radius 3 is 2.94 bits per heavy atom. The largest absolute Gasteiger partial charge is 0.388 e. The lowest BCUT2D eigenvalue weighted by atomic mass is 9.92. The molecule has 0 unspecified atom stereocenters. The van der Waals surface area contributed by atoms with E-state index in [2.05, 4.69) is 6.92 Å². The fraction of sp³-hybridized carbons (Fsp3) is 0.600. The van der Waals surface area contributed by atoms with E-state index in [0.29, 0.717) is 5.92 Å². The molecular formula is C15H21FO. The van der Waals surface area contributed by atoms with Gasteiger partial charge in [0.15, 0.2) is 0 Å². The van der Waals surface area contributed by atoms with Gasteiger partial charge in [0.05, 0.1) is 6.10 Å². The first-order valence-electron chi connectivity index (χ1n) is 6.64. The molecule has 1 aromatic carbocycles. The second-order valence-electron chi connectivity index (χ2n) is 5.23. The Kier molecular flexibility index (Phi) is 4.16. The quantitative estimate of drug-likeness (QED) is 0.835. The van der Waals surface area contributed by atoms with Crippen LogP contribution in [0.3, 0.4) is 0 Å². The highest BCUT2D eigenvalue weighted by molar-refractivity contribution is 5.19. The van der Waals surface area contributed by atoms with Crippen molar-refractivity contribution < 1.29 is 9.50 Å². The topological polar surface area (TPSA) is 20.2 Å². The summed E-state index contributed by atoms with van der Waals surface area (Å²) in [6.45, 7) is 2.20. The molecule has 2 heteroatoms. The highest BCUT2D eigenvalue weighted by atomic mass is 19.1. The number of halogens is 1. The van der Waals surface area contributed by atoms with Gasteiger partial charge in [0, 0.05) is 0 Å². The Balaban J connectivity index is 1.99. The summed E-state index contributed by atoms with van der Waals surface area (Å²) in [5.41, 5.74) is 0.729. The molecule has 2 rings (SSSR count). The summed E-state index contributed by atoms with van der Waals surface area (Å²) in [6, 6.07) is 6.37. The second-order valence-corrected chi connectivity index (χ2v) is 5.23. The minimum absolute atomic E-state index is 0.260. The van der Waals surface area contributed by atoms with Crippen molar-refractivity contribution in [2.75, 3.05) is 0 Å². The third-order valence-electron chi connectivity index (χ3n) is 3.92. The van der Waals surface area contributed by atoms with E-state index in [0.717, 1.165) is 24.3 Å². The van der Waals surface area contributed by atoms with Crippen molar-refractivity contribution in [3.63, 3.8) is 0 Å². The van der Waals surface area contributed by atoms with Crippen LogP contribution in [0.1, 0.15) is 50.7 Å². The summed E-state index contributed by atoms with van der Waals surface area (Å²) >= 11 is 0. The van der Waals surface area contributed by atoms with Crippen molar-refractivity contribution in [3.8, 4) is 0 Å². The molecule has 1 fully saturated rings. The molecule has 1 saturated carbocycles. The first-order chi connectivity index (χ1) is 8.20. The molecule has 0 heterocycles. The normalized spacial score (nSPS) is 26.1. The lowest BCUT2D eigenvalue weighted by Crippen LogP contribution is -2.10. The molecule has 3 atom stereocenters. The monoisotopic (exact) mass is 236 g/mol. The Morgan fingerprint density at radius 2 is 2.24 bits per heavy atom. The van der Waals surface area contributed by atoms with E-state index in [1.807, 2.05) is 6.07 Å². The average molecular weight is 236 g/mol. The van der Waals surface area contributed by atoms with Crippen molar-refractivity contribution in [2.24, 2.45) is 11.8 Å². The van der Waals surface area contributed by atoms with Crippen molar-refractivity contribution in [3.05, 3.63) is 35.6 Å². The van der Waals surface area contributed by atoms with Gasteiger partial charge < -0.3 is 5.11 Å². The number of rotatable bonds is 4. The minimum atomic E-state index is -0.493. The highest BCUT2D eigenvalue weighted by Gasteiger charge is 2.30. The maximum absolute atomic E-state index is 13.1. The summed E-state index contributed by atoms with van der Waals surface area (Å²) in [7, 11) is 0. The number of benzene rings is 1. The Labute approximate surface area is 103 Å². The molecular weight excluding hydrogens is 215 g/mol. The third kappa shape index (κ3) is 3.06. The van der Waals surface area contributed by atoms with Crippen LogP contribution in [0.4, 0.5) is 4.39 Å². The molecule has 0 amide bonds. The van der Waals surface area contributed by atoms with Gasteiger partial charge in [0.2, 0.25) is 0 Å². The van der Waals surface area contributed by atoms with Gasteiger partial charge in [0.25, 0.3) is 0 Å². The molecule has 0 bridgehead atoms. The molecule has 94 valence electrons. The molecule has 0 aliphatic heterocycles. The molecule has 0 aromatic heterocycles. The smallest absolute Gasteiger partial charge is 0.123 e. The maximum Gasteiger partial charge on any atom is 0.123 e. The standard InChI is InChI=1S/C15H21FO/c1-2-4-11-7-8-13(9-11)15(17)12-5-3-6-14(16)10-12/h3,5-6,10-11,13,15,17H,2,4,7-9H2,1H3/t11-,13-,15+/m0/s1. The first kappa shape index (κ1) is 12.6. The van der Waals surface area contributed by atoms with Gasteiger partial charge in [-0.3, -0.25) is 0 Å². The van der Waals surface area contributed by atoms with Crippen LogP contribution in [0, 0.1) is 17.7 Å². The van der Waals surface area contributed by atoms with Crippen LogP contribution in [0.25, 0.3) is 0 Å². The lowest BCUT2D eigenvalue weighted by molar-refractivity contribution is 0.108. The predicted molar refractivity (Wildman–Crippen MR) is 67.1 cm³/mol. The third-order valence-corrected chi connectivity index (χ3v) is 3.92. The van der Waals surface area contributed by atoms with Gasteiger partial charge >= 0.3 is 0 Å². The van der Waals surface area contributed by atoms with Crippen molar-refractivity contribution in [1.82, 2.24) is 0 Å². The van der Waals surface area contributed by atoms with Crippen LogP contribution >= 0.6 is 0 Å². The predicted octanol–water partition coefficient (Wildman–Crippen LogP) is 4.08. The molecule has 0 spiro atoms. The molecule has 1 N–H and O–H groups in total. The Bertz CT molecular complexity index is 364. The van der Waals surface area contributed by atoms with Crippen LogP contribution < -0.4 is 0 Å². The zero-order valence-electron chi connectivity index (χ0n) is 10.4. The Hall–Kier alpha value is -0.890. The van der Waals surface area contributed by atoms with Crippen LogP contribution in [-0.4, -0.2) is 5.11 Å². The van der Waals surface area contributed by atoms with Crippen LogP contribution in [0.5, 0.6) is 0 Å². The van der Waals surface area contributed by atoms with E-state index < -0.39 is 6.10 Å². The number of hydrogen-bond acceptors (Lipinski definition) is 1. The zero-order valence-corrected chi connectivity index (χ0v) is 10.4. The number of aliphatic hydroxyl groups excluding tert-OH is 1. The first-order valence-corrected chi connectivity index (χ1v) is 6.64. The molecule has 0 saturated heterocycles. The second kappa shape index (κ2) is 5.63. The van der Waals surface area contributed by atoms with Gasteiger partial charge in [-0.1, -0.05) is 38.3 Å². The lowest BCUT2D eigenvalue weighted by Gasteiger charge is -2.18. The molecule has 1 aliphatic rings. The molecule has 17 heavy (non-hydrogen) atoms. The van der Waals surface area contributed by atoms with Crippen LogP contribution in [-0.2, 0) is 0 Å². The molecule has 1 aliphatic carbocycles. The summed E-state index contributed by atoms with van der Waals surface area (Å²) in [4.78, 5) is 0. The summed E-state index contributed by atoms with van der Waals surface area (Å²) < 4.78 is 13.1. The van der Waals surface area contributed by atoms with Crippen LogP contribution in [0.15, 0.2) is 24.3 Å². The van der Waals surface area contributed by atoms with E-state index >= 15 is 0 Å². The SMILES string of the molecule is CCC[C@H]1CC[C@H]([C@H](O)c2cccc(F)c2)C1. The molecule has 0 radical (unpaired) electrons. The average Bonchev–Trinajstić information content (AvgIpc) is 2.77. The zero-order chi connectivity index (χ0) is 12.3. The van der Waals surface area contributed by atoms with E-state index in [-0.39, 0.29) is 5.82 Å². The molecule has 1 aromatic rings. The fourth-order valence-corrected chi connectivity index (χ4v) is 3.03. The van der Waals surface area contributed by atoms with Crippen molar-refractivity contribution in [1.29, 1.82) is 0 Å². The minimum Gasteiger partial charge on any atom is -0.388 e. The van der Waals surface area contributed by atoms with E-state index in [9.17, 15) is 9.50 Å². The number of aliphatic hydroxyl groups is 1. The van der Waals surface area contributed by atoms with E-state index in [1.54, 1.807) is 6.07 Å². The summed E-state index contributed by atoms with van der Waals surface area (Å²) in [6.07, 6.45) is 5.35. The Morgan fingerprint density at radius 1 is 1.41 bits per heavy atom. The van der Waals surface area contributed by atoms with Gasteiger partial charge in [0.1, 0.15) is 5.82 Å². The maximum atomic E-state index is 13.1. The summed E-state index contributed by atoms with van der Waals surface area (Å²) in [5, 5.41) is 10.3. The fourth-order valence-electron chi connectivity index (χ4n) is 3.03.